The van der Waals surface area contributed by atoms with Crippen molar-refractivity contribution < 1.29 is 9.66 Å². The summed E-state index contributed by atoms with van der Waals surface area (Å²) in [5.74, 6) is 0.235. The third-order valence-corrected chi connectivity index (χ3v) is 3.88. The SMILES string of the molecule is COc1cc2c(cc1[N+](=O)[O-])C=NCN2c1cccc(Br)c1. The predicted octanol–water partition coefficient (Wildman–Crippen LogP) is 3.89. The van der Waals surface area contributed by atoms with E-state index < -0.39 is 4.92 Å². The van der Waals surface area contributed by atoms with Crippen molar-refractivity contribution in [3.05, 3.63) is 56.5 Å². The van der Waals surface area contributed by atoms with Crippen molar-refractivity contribution in [1.29, 1.82) is 0 Å². The Labute approximate surface area is 135 Å². The van der Waals surface area contributed by atoms with E-state index in [0.717, 1.165) is 15.8 Å². The van der Waals surface area contributed by atoms with Gasteiger partial charge in [-0.05, 0) is 18.2 Å². The molecule has 7 heteroatoms. The molecule has 3 rings (SSSR count). The van der Waals surface area contributed by atoms with Gasteiger partial charge in [0, 0.05) is 34.1 Å². The highest BCUT2D eigenvalue weighted by Gasteiger charge is 2.23. The molecule has 0 N–H and O–H groups in total. The van der Waals surface area contributed by atoms with Crippen LogP contribution in [0.2, 0.25) is 0 Å². The monoisotopic (exact) mass is 361 g/mol. The van der Waals surface area contributed by atoms with Crippen molar-refractivity contribution in [1.82, 2.24) is 0 Å². The lowest BCUT2D eigenvalue weighted by atomic mass is 10.1. The van der Waals surface area contributed by atoms with Crippen LogP contribution < -0.4 is 9.64 Å². The van der Waals surface area contributed by atoms with E-state index in [0.29, 0.717) is 12.2 Å². The average molecular weight is 362 g/mol. The maximum Gasteiger partial charge on any atom is 0.311 e. The average Bonchev–Trinajstić information content (AvgIpc) is 2.52. The van der Waals surface area contributed by atoms with Gasteiger partial charge in [0.05, 0.1) is 17.7 Å². The van der Waals surface area contributed by atoms with Crippen LogP contribution in [0.3, 0.4) is 0 Å². The molecule has 0 spiro atoms. The van der Waals surface area contributed by atoms with Crippen molar-refractivity contribution in [3.63, 3.8) is 0 Å². The topological polar surface area (TPSA) is 68.0 Å². The molecule has 22 heavy (non-hydrogen) atoms. The first-order valence-electron chi connectivity index (χ1n) is 6.49. The van der Waals surface area contributed by atoms with Crippen LogP contribution in [0.25, 0.3) is 0 Å². The van der Waals surface area contributed by atoms with Crippen LogP contribution in [0.15, 0.2) is 45.9 Å². The number of benzene rings is 2. The number of methoxy groups -OCH3 is 1. The Morgan fingerprint density at radius 3 is 2.86 bits per heavy atom. The van der Waals surface area contributed by atoms with Crippen molar-refractivity contribution in [2.75, 3.05) is 18.7 Å². The first-order chi connectivity index (χ1) is 10.6. The number of halogens is 1. The number of anilines is 2. The summed E-state index contributed by atoms with van der Waals surface area (Å²) in [5.41, 5.74) is 2.40. The normalized spacial score (nSPS) is 12.9. The van der Waals surface area contributed by atoms with Gasteiger partial charge >= 0.3 is 5.69 Å². The summed E-state index contributed by atoms with van der Waals surface area (Å²) in [5, 5.41) is 11.1. The van der Waals surface area contributed by atoms with Crippen LogP contribution in [0, 0.1) is 10.1 Å². The highest BCUT2D eigenvalue weighted by Crippen LogP contribution is 2.38. The van der Waals surface area contributed by atoms with Gasteiger partial charge in [-0.15, -0.1) is 0 Å². The largest absolute Gasteiger partial charge is 0.490 e. The molecule has 1 aliphatic rings. The van der Waals surface area contributed by atoms with Crippen LogP contribution in [0.4, 0.5) is 17.1 Å². The standard InChI is InChI=1S/C15H12BrN3O3/c1-22-15-7-13-10(5-14(15)19(20)21)8-17-9-18(13)12-4-2-3-11(16)6-12/h2-8H,9H2,1H3. The Kier molecular flexibility index (Phi) is 3.81. The molecule has 0 fully saturated rings. The van der Waals surface area contributed by atoms with Crippen LogP contribution >= 0.6 is 15.9 Å². The summed E-state index contributed by atoms with van der Waals surface area (Å²) < 4.78 is 6.11. The molecule has 1 heterocycles. The molecule has 0 aromatic heterocycles. The van der Waals surface area contributed by atoms with Gasteiger partial charge in [-0.25, -0.2) is 0 Å². The van der Waals surface area contributed by atoms with E-state index in [1.807, 2.05) is 29.2 Å². The molecule has 0 aliphatic carbocycles. The lowest BCUT2D eigenvalue weighted by Crippen LogP contribution is -2.22. The van der Waals surface area contributed by atoms with Gasteiger partial charge < -0.3 is 9.64 Å². The minimum absolute atomic E-state index is 0.0659. The number of nitro groups is 1. The summed E-state index contributed by atoms with van der Waals surface area (Å²) in [6.07, 6.45) is 1.65. The van der Waals surface area contributed by atoms with Crippen LogP contribution in [-0.2, 0) is 0 Å². The van der Waals surface area contributed by atoms with Gasteiger partial charge in [0.15, 0.2) is 5.75 Å². The fourth-order valence-corrected chi connectivity index (χ4v) is 2.77. The fraction of sp³-hybridized carbons (Fsp3) is 0.133. The third-order valence-electron chi connectivity index (χ3n) is 3.39. The molecular formula is C15H12BrN3O3. The number of hydrogen-bond acceptors (Lipinski definition) is 5. The Hall–Kier alpha value is -2.41. The van der Waals surface area contributed by atoms with E-state index in [2.05, 4.69) is 20.9 Å². The second-order valence-electron chi connectivity index (χ2n) is 4.70. The number of rotatable bonds is 3. The lowest BCUT2D eigenvalue weighted by molar-refractivity contribution is -0.385. The maximum atomic E-state index is 11.1. The molecule has 0 unspecified atom stereocenters. The van der Waals surface area contributed by atoms with E-state index >= 15 is 0 Å². The third kappa shape index (κ3) is 2.55. The van der Waals surface area contributed by atoms with Crippen molar-refractivity contribution in [2.45, 2.75) is 0 Å². The molecular weight excluding hydrogens is 350 g/mol. The second kappa shape index (κ2) is 5.76. The fourth-order valence-electron chi connectivity index (χ4n) is 2.38. The van der Waals surface area contributed by atoms with E-state index in [-0.39, 0.29) is 11.4 Å². The molecule has 0 atom stereocenters. The first-order valence-corrected chi connectivity index (χ1v) is 7.29. The Bertz CT molecular complexity index is 777. The molecule has 0 amide bonds. The lowest BCUT2D eigenvalue weighted by Gasteiger charge is -2.28. The zero-order valence-corrected chi connectivity index (χ0v) is 13.3. The molecule has 1 aliphatic heterocycles. The van der Waals surface area contributed by atoms with Gasteiger partial charge in [0.1, 0.15) is 6.67 Å². The number of nitrogens with zero attached hydrogens (tertiary/aromatic N) is 3. The molecule has 2 aromatic carbocycles. The zero-order chi connectivity index (χ0) is 15.7. The van der Waals surface area contributed by atoms with Gasteiger partial charge in [-0.3, -0.25) is 15.1 Å². The van der Waals surface area contributed by atoms with Crippen LogP contribution in [0.5, 0.6) is 5.75 Å². The summed E-state index contributed by atoms with van der Waals surface area (Å²) in [6.45, 7) is 0.449. The summed E-state index contributed by atoms with van der Waals surface area (Å²) >= 11 is 3.45. The Morgan fingerprint density at radius 1 is 1.36 bits per heavy atom. The van der Waals surface area contributed by atoms with E-state index in [1.54, 1.807) is 12.3 Å². The molecule has 112 valence electrons. The summed E-state index contributed by atoms with van der Waals surface area (Å²) in [7, 11) is 1.43. The first kappa shape index (κ1) is 14.5. The van der Waals surface area contributed by atoms with Crippen molar-refractivity contribution in [2.24, 2.45) is 4.99 Å². The van der Waals surface area contributed by atoms with Gasteiger partial charge in [-0.1, -0.05) is 22.0 Å². The maximum absolute atomic E-state index is 11.1. The zero-order valence-electron chi connectivity index (χ0n) is 11.7. The van der Waals surface area contributed by atoms with E-state index in [1.165, 1.54) is 13.2 Å². The van der Waals surface area contributed by atoms with Gasteiger partial charge in [0.25, 0.3) is 0 Å². The number of aliphatic imine (C=N–C) groups is 1. The molecule has 2 aromatic rings. The summed E-state index contributed by atoms with van der Waals surface area (Å²) in [6, 6.07) is 11.0. The molecule has 6 nitrogen and oxygen atoms in total. The number of fused-ring (bicyclic) bond motifs is 1. The quantitative estimate of drug-likeness (QED) is 0.614. The molecule has 0 saturated heterocycles. The highest BCUT2D eigenvalue weighted by molar-refractivity contribution is 9.10. The van der Waals surface area contributed by atoms with Crippen molar-refractivity contribution in [3.8, 4) is 5.75 Å². The molecule has 0 bridgehead atoms. The van der Waals surface area contributed by atoms with Gasteiger partial charge in [-0.2, -0.15) is 0 Å². The smallest absolute Gasteiger partial charge is 0.311 e. The van der Waals surface area contributed by atoms with Gasteiger partial charge in [0.2, 0.25) is 0 Å². The molecule has 0 radical (unpaired) electrons. The minimum atomic E-state index is -0.453. The predicted molar refractivity (Wildman–Crippen MR) is 88.4 cm³/mol. The number of ether oxygens (including phenoxy) is 1. The van der Waals surface area contributed by atoms with Crippen molar-refractivity contribution >= 4 is 39.2 Å². The number of nitro benzene ring substituents is 1. The van der Waals surface area contributed by atoms with Crippen LogP contribution in [0.1, 0.15) is 5.56 Å². The Morgan fingerprint density at radius 2 is 2.18 bits per heavy atom. The minimum Gasteiger partial charge on any atom is -0.490 e. The van der Waals surface area contributed by atoms with E-state index in [4.69, 9.17) is 4.74 Å². The van der Waals surface area contributed by atoms with E-state index in [9.17, 15) is 10.1 Å². The van der Waals surface area contributed by atoms with Crippen LogP contribution in [-0.4, -0.2) is 24.9 Å². The number of hydrogen-bond donors (Lipinski definition) is 0. The second-order valence-corrected chi connectivity index (χ2v) is 5.62. The summed E-state index contributed by atoms with van der Waals surface area (Å²) in [4.78, 5) is 16.9. The Balaban J connectivity index is 2.14. The highest BCUT2D eigenvalue weighted by atomic mass is 79.9. The molecule has 0 saturated carbocycles.